The highest BCUT2D eigenvalue weighted by molar-refractivity contribution is 7.92. The first-order valence-corrected chi connectivity index (χ1v) is 8.38. The van der Waals surface area contributed by atoms with Crippen LogP contribution < -0.4 is 0 Å². The molecule has 5 nitrogen and oxygen atoms in total. The van der Waals surface area contributed by atoms with E-state index in [1.807, 2.05) is 6.92 Å². The molecule has 1 unspecified atom stereocenters. The Labute approximate surface area is 119 Å². The van der Waals surface area contributed by atoms with Crippen LogP contribution in [0.3, 0.4) is 0 Å². The van der Waals surface area contributed by atoms with Crippen LogP contribution in [-0.4, -0.2) is 40.4 Å². The summed E-state index contributed by atoms with van der Waals surface area (Å²) in [6, 6.07) is 0. The van der Waals surface area contributed by atoms with Crippen molar-refractivity contribution in [2.75, 3.05) is 6.26 Å². The van der Waals surface area contributed by atoms with Gasteiger partial charge in [0.15, 0.2) is 9.84 Å². The molecule has 1 aromatic rings. The van der Waals surface area contributed by atoms with E-state index in [0.717, 1.165) is 6.26 Å². The summed E-state index contributed by atoms with van der Waals surface area (Å²) in [6.45, 7) is 7.35. The van der Waals surface area contributed by atoms with Gasteiger partial charge in [0.05, 0.1) is 27.3 Å². The Morgan fingerprint density at radius 3 is 2.42 bits per heavy atom. The lowest BCUT2D eigenvalue weighted by Gasteiger charge is -2.28. The lowest BCUT2D eigenvalue weighted by Crippen LogP contribution is -2.44. The minimum Gasteiger partial charge on any atom is -0.391 e. The van der Waals surface area contributed by atoms with Crippen molar-refractivity contribution < 1.29 is 13.5 Å². The van der Waals surface area contributed by atoms with Gasteiger partial charge >= 0.3 is 0 Å². The van der Waals surface area contributed by atoms with Gasteiger partial charge in [-0.2, -0.15) is 5.10 Å². The number of nitrogens with zero attached hydrogens (tertiary/aromatic N) is 2. The minimum atomic E-state index is -3.37. The molecule has 0 spiro atoms. The van der Waals surface area contributed by atoms with Crippen molar-refractivity contribution in [3.05, 3.63) is 16.4 Å². The summed E-state index contributed by atoms with van der Waals surface area (Å²) < 4.78 is 23.9. The summed E-state index contributed by atoms with van der Waals surface area (Å²) in [6.07, 6.45) is 0.245. The predicted octanol–water partition coefficient (Wildman–Crippen LogP) is 1.59. The molecule has 1 heterocycles. The monoisotopic (exact) mass is 308 g/mol. The Morgan fingerprint density at radius 2 is 2.00 bits per heavy atom. The number of sulfone groups is 1. The van der Waals surface area contributed by atoms with E-state index in [2.05, 4.69) is 5.10 Å². The van der Waals surface area contributed by atoms with Crippen LogP contribution >= 0.6 is 11.6 Å². The Balaban J connectivity index is 3.10. The predicted molar refractivity (Wildman–Crippen MR) is 76.3 cm³/mol. The van der Waals surface area contributed by atoms with Crippen molar-refractivity contribution in [3.8, 4) is 0 Å². The molecular formula is C12H21ClN2O3S. The number of halogens is 1. The number of aryl methyl sites for hydroxylation is 2. The average molecular weight is 309 g/mol. The molecule has 0 saturated carbocycles. The fraction of sp³-hybridized carbons (Fsp3) is 0.750. The van der Waals surface area contributed by atoms with E-state index >= 15 is 0 Å². The Bertz CT molecular complexity index is 564. The second-order valence-corrected chi connectivity index (χ2v) is 8.23. The van der Waals surface area contributed by atoms with Crippen LogP contribution in [0.4, 0.5) is 0 Å². The normalized spacial score (nSPS) is 14.7. The lowest BCUT2D eigenvalue weighted by molar-refractivity contribution is 0.135. The maximum atomic E-state index is 11.7. The zero-order chi connectivity index (χ0) is 15.0. The zero-order valence-electron chi connectivity index (χ0n) is 11.9. The van der Waals surface area contributed by atoms with E-state index in [4.69, 9.17) is 11.6 Å². The van der Waals surface area contributed by atoms with Crippen LogP contribution in [0.5, 0.6) is 0 Å². The zero-order valence-corrected chi connectivity index (χ0v) is 13.5. The second kappa shape index (κ2) is 5.42. The molecule has 0 aromatic carbocycles. The maximum absolute atomic E-state index is 11.7. The van der Waals surface area contributed by atoms with E-state index in [1.165, 1.54) is 13.8 Å². The highest BCUT2D eigenvalue weighted by Gasteiger charge is 2.38. The number of aliphatic hydroxyl groups is 1. The third-order valence-corrected chi connectivity index (χ3v) is 6.27. The third kappa shape index (κ3) is 3.12. The molecule has 1 aromatic heterocycles. The van der Waals surface area contributed by atoms with Gasteiger partial charge in [0, 0.05) is 19.2 Å². The molecule has 0 bridgehead atoms. The molecule has 0 radical (unpaired) electrons. The average Bonchev–Trinajstić information content (AvgIpc) is 2.55. The first-order valence-electron chi connectivity index (χ1n) is 6.11. The molecule has 0 aliphatic carbocycles. The summed E-state index contributed by atoms with van der Waals surface area (Å²) in [5.41, 5.74) is 1.36. The molecule has 0 aliphatic rings. The molecule has 0 aliphatic heterocycles. The van der Waals surface area contributed by atoms with Gasteiger partial charge in [0.25, 0.3) is 0 Å². The van der Waals surface area contributed by atoms with Crippen LogP contribution in [0.2, 0.25) is 5.02 Å². The van der Waals surface area contributed by atoms with Gasteiger partial charge in [-0.25, -0.2) is 8.42 Å². The van der Waals surface area contributed by atoms with Crippen LogP contribution in [0.1, 0.15) is 32.2 Å². The SMILES string of the molecule is CCn1nc(C)c(Cl)c1CC(O)C(C)(C)S(C)(=O)=O. The van der Waals surface area contributed by atoms with Gasteiger partial charge in [-0.1, -0.05) is 11.6 Å². The second-order valence-electron chi connectivity index (χ2n) is 5.26. The molecule has 1 atom stereocenters. The van der Waals surface area contributed by atoms with Crippen molar-refractivity contribution in [2.24, 2.45) is 0 Å². The van der Waals surface area contributed by atoms with Gasteiger partial charge in [0.1, 0.15) is 0 Å². The van der Waals surface area contributed by atoms with Gasteiger partial charge in [0.2, 0.25) is 0 Å². The van der Waals surface area contributed by atoms with Crippen molar-refractivity contribution in [1.82, 2.24) is 9.78 Å². The van der Waals surface area contributed by atoms with Crippen LogP contribution in [0.25, 0.3) is 0 Å². The lowest BCUT2D eigenvalue weighted by atomic mass is 10.0. The molecule has 1 N–H and O–H groups in total. The quantitative estimate of drug-likeness (QED) is 0.896. The van der Waals surface area contributed by atoms with Crippen LogP contribution in [0, 0.1) is 6.92 Å². The highest BCUT2D eigenvalue weighted by atomic mass is 35.5. The topological polar surface area (TPSA) is 72.2 Å². The Kier molecular flexibility index (Phi) is 4.70. The van der Waals surface area contributed by atoms with Crippen LogP contribution in [0.15, 0.2) is 0 Å². The number of hydrogen-bond acceptors (Lipinski definition) is 4. The van der Waals surface area contributed by atoms with Crippen LogP contribution in [-0.2, 0) is 22.8 Å². The van der Waals surface area contributed by atoms with Crippen molar-refractivity contribution in [3.63, 3.8) is 0 Å². The fourth-order valence-corrected chi connectivity index (χ4v) is 2.53. The van der Waals surface area contributed by atoms with Gasteiger partial charge < -0.3 is 5.11 Å². The molecule has 7 heteroatoms. The van der Waals surface area contributed by atoms with Crippen molar-refractivity contribution in [1.29, 1.82) is 0 Å². The van der Waals surface area contributed by atoms with Crippen molar-refractivity contribution >= 4 is 21.4 Å². The van der Waals surface area contributed by atoms with E-state index in [1.54, 1.807) is 11.6 Å². The number of aromatic nitrogens is 2. The van der Waals surface area contributed by atoms with Gasteiger partial charge in [-0.15, -0.1) is 0 Å². The molecule has 110 valence electrons. The molecule has 1 rings (SSSR count). The Morgan fingerprint density at radius 1 is 1.47 bits per heavy atom. The molecule has 0 fully saturated rings. The van der Waals surface area contributed by atoms with Gasteiger partial charge in [-0.3, -0.25) is 4.68 Å². The molecule has 0 amide bonds. The summed E-state index contributed by atoms with van der Waals surface area (Å²) >= 11 is 6.16. The first-order chi connectivity index (χ1) is 8.52. The third-order valence-electron chi connectivity index (χ3n) is 3.60. The fourth-order valence-electron chi connectivity index (χ4n) is 1.74. The summed E-state index contributed by atoms with van der Waals surface area (Å²) in [5, 5.41) is 15.0. The van der Waals surface area contributed by atoms with E-state index in [-0.39, 0.29) is 6.42 Å². The van der Waals surface area contributed by atoms with Gasteiger partial charge in [-0.05, 0) is 27.7 Å². The summed E-state index contributed by atoms with van der Waals surface area (Å²) in [5.74, 6) is 0. The standard InChI is InChI=1S/C12H21ClN2O3S/c1-6-15-9(11(13)8(2)14-15)7-10(16)12(3,4)19(5,17)18/h10,16H,6-7H2,1-5H3. The molecule has 19 heavy (non-hydrogen) atoms. The van der Waals surface area contributed by atoms with Crippen molar-refractivity contribution in [2.45, 2.75) is 51.5 Å². The summed E-state index contributed by atoms with van der Waals surface area (Å²) in [4.78, 5) is 0. The first kappa shape index (κ1) is 16.5. The smallest absolute Gasteiger partial charge is 0.155 e. The minimum absolute atomic E-state index is 0.160. The van der Waals surface area contributed by atoms with E-state index in [0.29, 0.717) is 23.0 Å². The molecule has 0 saturated heterocycles. The highest BCUT2D eigenvalue weighted by Crippen LogP contribution is 2.27. The molecular weight excluding hydrogens is 288 g/mol. The maximum Gasteiger partial charge on any atom is 0.155 e. The Hall–Kier alpha value is -0.590. The van der Waals surface area contributed by atoms with E-state index in [9.17, 15) is 13.5 Å². The number of hydrogen-bond donors (Lipinski definition) is 1. The largest absolute Gasteiger partial charge is 0.391 e. The number of aliphatic hydroxyl groups excluding tert-OH is 1. The number of rotatable bonds is 5. The van der Waals surface area contributed by atoms with E-state index < -0.39 is 20.7 Å². The summed E-state index contributed by atoms with van der Waals surface area (Å²) in [7, 11) is -3.37.